The molecule has 0 saturated carbocycles. The van der Waals surface area contributed by atoms with Crippen LogP contribution in [-0.4, -0.2) is 30.1 Å². The molecule has 0 spiro atoms. The van der Waals surface area contributed by atoms with Crippen LogP contribution in [0.1, 0.15) is 21.5 Å². The lowest BCUT2D eigenvalue weighted by molar-refractivity contribution is 0.102. The third-order valence-corrected chi connectivity index (χ3v) is 4.20. The molecular formula is C21H22N4O3. The highest BCUT2D eigenvalue weighted by atomic mass is 16.5. The normalized spacial score (nSPS) is 10.3. The maximum atomic E-state index is 12.4. The van der Waals surface area contributed by atoms with E-state index in [0.29, 0.717) is 28.7 Å². The number of aryl methyl sites for hydroxylation is 2. The largest absolute Gasteiger partial charge is 0.497 e. The second-order valence-electron chi connectivity index (χ2n) is 6.26. The number of anilines is 3. The van der Waals surface area contributed by atoms with Gasteiger partial charge < -0.3 is 20.1 Å². The third-order valence-electron chi connectivity index (χ3n) is 4.20. The fourth-order valence-corrected chi connectivity index (χ4v) is 2.68. The van der Waals surface area contributed by atoms with Crippen molar-refractivity contribution in [3.05, 3.63) is 65.5 Å². The molecule has 1 aromatic heterocycles. The minimum absolute atomic E-state index is 0.263. The van der Waals surface area contributed by atoms with E-state index >= 15 is 0 Å². The van der Waals surface area contributed by atoms with Gasteiger partial charge in [-0.3, -0.25) is 4.79 Å². The summed E-state index contributed by atoms with van der Waals surface area (Å²) in [6.07, 6.45) is 2.95. The summed E-state index contributed by atoms with van der Waals surface area (Å²) in [6.45, 7) is 3.96. The van der Waals surface area contributed by atoms with E-state index in [0.717, 1.165) is 16.8 Å². The number of hydrogen-bond acceptors (Lipinski definition) is 6. The summed E-state index contributed by atoms with van der Waals surface area (Å²) < 4.78 is 10.5. The van der Waals surface area contributed by atoms with Crippen molar-refractivity contribution in [2.45, 2.75) is 13.8 Å². The Labute approximate surface area is 163 Å². The zero-order valence-corrected chi connectivity index (χ0v) is 16.2. The molecule has 0 aliphatic heterocycles. The van der Waals surface area contributed by atoms with E-state index in [4.69, 9.17) is 9.47 Å². The van der Waals surface area contributed by atoms with Gasteiger partial charge in [0.1, 0.15) is 11.5 Å². The molecule has 0 aliphatic rings. The van der Waals surface area contributed by atoms with Crippen LogP contribution in [0.2, 0.25) is 0 Å². The van der Waals surface area contributed by atoms with Crippen LogP contribution in [-0.2, 0) is 0 Å². The standard InChI is InChI=1S/C21H22N4O3/c1-13-5-7-17(14(2)9-13)24-20(26)15-11-22-21(23-12-15)25-18-8-6-16(27-3)10-19(18)28-4/h5-12H,1-4H3,(H,24,26)(H,22,23,25). The van der Waals surface area contributed by atoms with E-state index in [9.17, 15) is 4.79 Å². The van der Waals surface area contributed by atoms with Crippen LogP contribution in [0.3, 0.4) is 0 Å². The lowest BCUT2D eigenvalue weighted by Crippen LogP contribution is -2.14. The molecule has 28 heavy (non-hydrogen) atoms. The molecule has 7 nitrogen and oxygen atoms in total. The molecule has 0 atom stereocenters. The molecule has 0 unspecified atom stereocenters. The van der Waals surface area contributed by atoms with Crippen molar-refractivity contribution in [2.24, 2.45) is 0 Å². The number of benzene rings is 2. The summed E-state index contributed by atoms with van der Waals surface area (Å²) in [4.78, 5) is 20.9. The van der Waals surface area contributed by atoms with Crippen LogP contribution in [0.5, 0.6) is 11.5 Å². The van der Waals surface area contributed by atoms with Crippen molar-refractivity contribution in [3.8, 4) is 11.5 Å². The maximum Gasteiger partial charge on any atom is 0.258 e. The number of carbonyl (C=O) groups is 1. The predicted octanol–water partition coefficient (Wildman–Crippen LogP) is 4.11. The molecule has 144 valence electrons. The van der Waals surface area contributed by atoms with E-state index in [1.165, 1.54) is 12.4 Å². The van der Waals surface area contributed by atoms with Crippen molar-refractivity contribution in [2.75, 3.05) is 24.9 Å². The molecule has 7 heteroatoms. The summed E-state index contributed by atoms with van der Waals surface area (Å²) in [5, 5.41) is 5.95. The zero-order valence-electron chi connectivity index (χ0n) is 16.2. The number of aromatic nitrogens is 2. The van der Waals surface area contributed by atoms with Gasteiger partial charge in [-0.05, 0) is 37.6 Å². The van der Waals surface area contributed by atoms with Crippen LogP contribution in [0.15, 0.2) is 48.8 Å². The SMILES string of the molecule is COc1ccc(Nc2ncc(C(=O)Nc3ccc(C)cc3C)cn2)c(OC)c1. The summed E-state index contributed by atoms with van der Waals surface area (Å²) in [5.74, 6) is 1.37. The van der Waals surface area contributed by atoms with E-state index < -0.39 is 0 Å². The van der Waals surface area contributed by atoms with Gasteiger partial charge in [-0.15, -0.1) is 0 Å². The van der Waals surface area contributed by atoms with E-state index in [1.54, 1.807) is 26.4 Å². The molecule has 0 fully saturated rings. The van der Waals surface area contributed by atoms with Crippen molar-refractivity contribution in [3.63, 3.8) is 0 Å². The fourth-order valence-electron chi connectivity index (χ4n) is 2.68. The second-order valence-corrected chi connectivity index (χ2v) is 6.26. The molecule has 1 heterocycles. The first-order valence-corrected chi connectivity index (χ1v) is 8.70. The first kappa shape index (κ1) is 19.2. The second kappa shape index (κ2) is 8.39. The predicted molar refractivity (Wildman–Crippen MR) is 109 cm³/mol. The van der Waals surface area contributed by atoms with Crippen LogP contribution < -0.4 is 20.1 Å². The molecule has 0 bridgehead atoms. The minimum Gasteiger partial charge on any atom is -0.497 e. The zero-order chi connectivity index (χ0) is 20.1. The van der Waals surface area contributed by atoms with E-state index in [2.05, 4.69) is 20.6 Å². The molecule has 1 amide bonds. The van der Waals surface area contributed by atoms with Gasteiger partial charge in [0, 0.05) is 24.1 Å². The number of carbonyl (C=O) groups excluding carboxylic acids is 1. The van der Waals surface area contributed by atoms with Gasteiger partial charge in [0.25, 0.3) is 5.91 Å². The average molecular weight is 378 g/mol. The lowest BCUT2D eigenvalue weighted by Gasteiger charge is -2.12. The highest BCUT2D eigenvalue weighted by Gasteiger charge is 2.11. The number of nitrogens with zero attached hydrogens (tertiary/aromatic N) is 2. The number of amides is 1. The van der Waals surface area contributed by atoms with Crippen LogP contribution in [0, 0.1) is 13.8 Å². The molecule has 3 aromatic rings. The number of hydrogen-bond donors (Lipinski definition) is 2. The van der Waals surface area contributed by atoms with Gasteiger partial charge in [-0.1, -0.05) is 17.7 Å². The third kappa shape index (κ3) is 4.37. The topological polar surface area (TPSA) is 85.4 Å². The van der Waals surface area contributed by atoms with Crippen molar-refractivity contribution >= 4 is 23.2 Å². The summed E-state index contributed by atoms with van der Waals surface area (Å²) in [7, 11) is 3.16. The van der Waals surface area contributed by atoms with Crippen LogP contribution >= 0.6 is 0 Å². The Balaban J connectivity index is 1.72. The molecule has 0 saturated heterocycles. The quantitative estimate of drug-likeness (QED) is 0.671. The van der Waals surface area contributed by atoms with Crippen LogP contribution in [0.4, 0.5) is 17.3 Å². The Bertz CT molecular complexity index is 987. The Morgan fingerprint density at radius 1 is 0.929 bits per heavy atom. The van der Waals surface area contributed by atoms with Gasteiger partial charge in [0.15, 0.2) is 0 Å². The monoisotopic (exact) mass is 378 g/mol. The number of rotatable bonds is 6. The summed E-state index contributed by atoms with van der Waals surface area (Å²) >= 11 is 0. The van der Waals surface area contributed by atoms with E-state index in [-0.39, 0.29) is 5.91 Å². The van der Waals surface area contributed by atoms with Crippen molar-refractivity contribution in [1.29, 1.82) is 0 Å². The van der Waals surface area contributed by atoms with Gasteiger partial charge in [0.05, 0.1) is 25.5 Å². The number of ether oxygens (including phenoxy) is 2. The Kier molecular flexibility index (Phi) is 5.74. The van der Waals surface area contributed by atoms with Gasteiger partial charge in [-0.25, -0.2) is 9.97 Å². The Morgan fingerprint density at radius 2 is 1.64 bits per heavy atom. The molecule has 0 aliphatic carbocycles. The number of methoxy groups -OCH3 is 2. The number of nitrogens with one attached hydrogen (secondary N) is 2. The van der Waals surface area contributed by atoms with Gasteiger partial charge in [-0.2, -0.15) is 0 Å². The van der Waals surface area contributed by atoms with Gasteiger partial charge in [0.2, 0.25) is 5.95 Å². The first-order chi connectivity index (χ1) is 13.5. The highest BCUT2D eigenvalue weighted by Crippen LogP contribution is 2.30. The lowest BCUT2D eigenvalue weighted by atomic mass is 10.1. The molecule has 0 radical (unpaired) electrons. The maximum absolute atomic E-state index is 12.4. The summed E-state index contributed by atoms with van der Waals surface area (Å²) in [5.41, 5.74) is 3.96. The molecule has 2 aromatic carbocycles. The smallest absolute Gasteiger partial charge is 0.258 e. The van der Waals surface area contributed by atoms with Crippen molar-refractivity contribution < 1.29 is 14.3 Å². The van der Waals surface area contributed by atoms with Gasteiger partial charge >= 0.3 is 0 Å². The molecular weight excluding hydrogens is 356 g/mol. The first-order valence-electron chi connectivity index (χ1n) is 8.70. The molecule has 3 rings (SSSR count). The minimum atomic E-state index is -0.263. The Morgan fingerprint density at radius 3 is 2.29 bits per heavy atom. The fraction of sp³-hybridized carbons (Fsp3) is 0.190. The van der Waals surface area contributed by atoms with Crippen LogP contribution in [0.25, 0.3) is 0 Å². The molecule has 2 N–H and O–H groups in total. The average Bonchev–Trinajstić information content (AvgIpc) is 2.71. The van der Waals surface area contributed by atoms with Crippen molar-refractivity contribution in [1.82, 2.24) is 9.97 Å². The highest BCUT2D eigenvalue weighted by molar-refractivity contribution is 6.04. The van der Waals surface area contributed by atoms with E-state index in [1.807, 2.05) is 38.1 Å². The Hall–Kier alpha value is -3.61. The summed E-state index contributed by atoms with van der Waals surface area (Å²) in [6, 6.07) is 11.2.